The van der Waals surface area contributed by atoms with Crippen LogP contribution in [0.2, 0.25) is 0 Å². The highest BCUT2D eigenvalue weighted by molar-refractivity contribution is 7.90. The summed E-state index contributed by atoms with van der Waals surface area (Å²) in [6.07, 6.45) is 4.99. The van der Waals surface area contributed by atoms with Gasteiger partial charge in [-0.1, -0.05) is 0 Å². The number of nitrogens with zero attached hydrogens (tertiary/aromatic N) is 5. The second-order valence-electron chi connectivity index (χ2n) is 7.51. The average molecular weight is 378 g/mol. The Kier molecular flexibility index (Phi) is 3.70. The van der Waals surface area contributed by atoms with Gasteiger partial charge in [0.15, 0.2) is 5.65 Å². The van der Waals surface area contributed by atoms with Crippen molar-refractivity contribution >= 4 is 21.5 Å². The van der Waals surface area contributed by atoms with Gasteiger partial charge in [-0.2, -0.15) is 4.52 Å². The molecule has 2 aromatic rings. The first kappa shape index (κ1) is 16.4. The van der Waals surface area contributed by atoms with E-state index in [9.17, 15) is 8.42 Å². The average Bonchev–Trinajstić information content (AvgIpc) is 3.22. The molecule has 1 aliphatic carbocycles. The predicted molar refractivity (Wildman–Crippen MR) is 94.3 cm³/mol. The molecule has 0 radical (unpaired) electrons. The van der Waals surface area contributed by atoms with Crippen LogP contribution in [0.5, 0.6) is 0 Å². The van der Waals surface area contributed by atoms with E-state index >= 15 is 0 Å². The molecular formula is C16H22N6O3S. The second-order valence-corrected chi connectivity index (χ2v) is 9.55. The van der Waals surface area contributed by atoms with Gasteiger partial charge in [0, 0.05) is 13.2 Å². The lowest BCUT2D eigenvalue weighted by Gasteiger charge is -2.50. The molecule has 1 saturated carbocycles. The molecule has 2 aromatic heterocycles. The van der Waals surface area contributed by atoms with Gasteiger partial charge in [-0.05, 0) is 43.7 Å². The molecule has 1 spiro atoms. The third kappa shape index (κ3) is 2.76. The van der Waals surface area contributed by atoms with Gasteiger partial charge in [-0.3, -0.25) is 0 Å². The van der Waals surface area contributed by atoms with Gasteiger partial charge in [0.2, 0.25) is 10.0 Å². The summed E-state index contributed by atoms with van der Waals surface area (Å²) in [4.78, 5) is 2.19. The van der Waals surface area contributed by atoms with Gasteiger partial charge in [0.25, 0.3) is 0 Å². The predicted octanol–water partition coefficient (Wildman–Crippen LogP) is 0.192. The van der Waals surface area contributed by atoms with Gasteiger partial charge < -0.3 is 9.64 Å². The van der Waals surface area contributed by atoms with Crippen molar-refractivity contribution in [1.29, 1.82) is 0 Å². The fourth-order valence-corrected chi connectivity index (χ4v) is 5.46. The van der Waals surface area contributed by atoms with E-state index < -0.39 is 10.0 Å². The zero-order valence-corrected chi connectivity index (χ0v) is 15.2. The molecule has 5 rings (SSSR count). The van der Waals surface area contributed by atoms with Crippen LogP contribution in [0.25, 0.3) is 5.65 Å². The Morgan fingerprint density at radius 2 is 2.12 bits per heavy atom. The van der Waals surface area contributed by atoms with Crippen LogP contribution in [0, 0.1) is 5.92 Å². The number of anilines is 1. The Bertz CT molecular complexity index is 919. The first-order valence-corrected chi connectivity index (χ1v) is 10.6. The fourth-order valence-electron chi connectivity index (χ4n) is 4.06. The highest BCUT2D eigenvalue weighted by Gasteiger charge is 2.53. The van der Waals surface area contributed by atoms with Gasteiger partial charge in [-0.15, -0.1) is 15.3 Å². The molecule has 0 bridgehead atoms. The lowest BCUT2D eigenvalue weighted by atomic mass is 9.79. The van der Waals surface area contributed by atoms with Crippen molar-refractivity contribution in [2.24, 2.45) is 5.92 Å². The van der Waals surface area contributed by atoms with E-state index in [0.29, 0.717) is 12.5 Å². The zero-order chi connectivity index (χ0) is 17.8. The zero-order valence-electron chi connectivity index (χ0n) is 14.4. The summed E-state index contributed by atoms with van der Waals surface area (Å²) in [7, 11) is -3.10. The minimum absolute atomic E-state index is 0.158. The largest absolute Gasteiger partial charge is 0.371 e. The van der Waals surface area contributed by atoms with Crippen LogP contribution >= 0.6 is 0 Å². The molecule has 26 heavy (non-hydrogen) atoms. The lowest BCUT2D eigenvalue weighted by molar-refractivity contribution is -0.0454. The number of rotatable bonds is 6. The molecule has 3 fully saturated rings. The van der Waals surface area contributed by atoms with Gasteiger partial charge >= 0.3 is 0 Å². The molecule has 1 N–H and O–H groups in total. The molecule has 0 unspecified atom stereocenters. The van der Waals surface area contributed by atoms with Crippen LogP contribution in [0.3, 0.4) is 0 Å². The van der Waals surface area contributed by atoms with Crippen molar-refractivity contribution in [1.82, 2.24) is 24.5 Å². The standard InChI is InChI=1S/C16H22N6O3S/c23-26(24,13-1-2-13)18-7-5-12-6-8-25-16(12)9-21(10-16)15-4-3-14-19-17-11-22(14)20-15/h3-4,11-13,18H,1-2,5-10H2/t12-/m0/s1. The maximum Gasteiger partial charge on any atom is 0.214 e. The molecule has 2 aliphatic heterocycles. The molecule has 4 heterocycles. The molecule has 0 amide bonds. The molecule has 1 atom stereocenters. The van der Waals surface area contributed by atoms with Gasteiger partial charge in [-0.25, -0.2) is 13.1 Å². The van der Waals surface area contributed by atoms with Crippen molar-refractivity contribution in [2.45, 2.75) is 36.5 Å². The number of sulfonamides is 1. The molecule has 0 aromatic carbocycles. The van der Waals surface area contributed by atoms with Crippen LogP contribution in [-0.4, -0.2) is 65.3 Å². The molecule has 2 saturated heterocycles. The summed E-state index contributed by atoms with van der Waals surface area (Å²) in [5.74, 6) is 1.26. The number of hydrogen-bond acceptors (Lipinski definition) is 7. The summed E-state index contributed by atoms with van der Waals surface area (Å²) >= 11 is 0. The molecule has 3 aliphatic rings. The monoisotopic (exact) mass is 378 g/mol. The fraction of sp³-hybridized carbons (Fsp3) is 0.688. The lowest BCUT2D eigenvalue weighted by Crippen LogP contribution is -2.65. The van der Waals surface area contributed by atoms with Crippen molar-refractivity contribution < 1.29 is 13.2 Å². The number of aromatic nitrogens is 4. The number of ether oxygens (including phenoxy) is 1. The number of hydrogen-bond donors (Lipinski definition) is 1. The number of fused-ring (bicyclic) bond motifs is 1. The van der Waals surface area contributed by atoms with Gasteiger partial charge in [0.1, 0.15) is 17.7 Å². The number of nitrogens with one attached hydrogen (secondary N) is 1. The van der Waals surface area contributed by atoms with E-state index in [4.69, 9.17) is 4.74 Å². The highest BCUT2D eigenvalue weighted by Crippen LogP contribution is 2.42. The van der Waals surface area contributed by atoms with E-state index in [-0.39, 0.29) is 10.9 Å². The van der Waals surface area contributed by atoms with Crippen LogP contribution in [-0.2, 0) is 14.8 Å². The summed E-state index contributed by atoms with van der Waals surface area (Å²) in [6.45, 7) is 2.81. The van der Waals surface area contributed by atoms with Crippen LogP contribution in [0.15, 0.2) is 18.5 Å². The van der Waals surface area contributed by atoms with Crippen molar-refractivity contribution in [3.05, 3.63) is 18.5 Å². The van der Waals surface area contributed by atoms with E-state index in [0.717, 1.165) is 56.8 Å². The van der Waals surface area contributed by atoms with Crippen LogP contribution < -0.4 is 9.62 Å². The summed E-state index contributed by atoms with van der Waals surface area (Å²) in [5.41, 5.74) is 0.552. The Hall–Kier alpha value is -1.78. The Balaban J connectivity index is 1.21. The van der Waals surface area contributed by atoms with Gasteiger partial charge in [0.05, 0.1) is 18.3 Å². The summed E-state index contributed by atoms with van der Waals surface area (Å²) in [5, 5.41) is 12.2. The van der Waals surface area contributed by atoms with Crippen LogP contribution in [0.4, 0.5) is 5.82 Å². The van der Waals surface area contributed by atoms with Crippen molar-refractivity contribution in [3.63, 3.8) is 0 Å². The van der Waals surface area contributed by atoms with E-state index in [2.05, 4.69) is 24.9 Å². The first-order valence-electron chi connectivity index (χ1n) is 9.10. The van der Waals surface area contributed by atoms with Crippen molar-refractivity contribution in [2.75, 3.05) is 31.1 Å². The van der Waals surface area contributed by atoms with E-state index in [1.54, 1.807) is 10.8 Å². The van der Waals surface area contributed by atoms with E-state index in [1.165, 1.54) is 0 Å². The Labute approximate surface area is 151 Å². The topological polar surface area (TPSA) is 102 Å². The highest BCUT2D eigenvalue weighted by atomic mass is 32.2. The Morgan fingerprint density at radius 3 is 2.92 bits per heavy atom. The summed E-state index contributed by atoms with van der Waals surface area (Å²) < 4.78 is 34.4. The first-order chi connectivity index (χ1) is 12.6. The maximum atomic E-state index is 12.0. The van der Waals surface area contributed by atoms with E-state index in [1.807, 2.05) is 12.1 Å². The molecule has 10 heteroatoms. The third-order valence-corrected chi connectivity index (χ3v) is 7.70. The third-order valence-electron chi connectivity index (χ3n) is 5.75. The quantitative estimate of drug-likeness (QED) is 0.766. The minimum atomic E-state index is -3.10. The SMILES string of the molecule is O=S(=O)(NCC[C@H]1CCOC12CN(c1ccc3nncn3n1)C2)C1CC1. The normalized spacial score (nSPS) is 25.1. The Morgan fingerprint density at radius 1 is 1.27 bits per heavy atom. The smallest absolute Gasteiger partial charge is 0.214 e. The second kappa shape index (κ2) is 5.86. The van der Waals surface area contributed by atoms with Crippen molar-refractivity contribution in [3.8, 4) is 0 Å². The summed E-state index contributed by atoms with van der Waals surface area (Å²) in [6, 6.07) is 3.85. The minimum Gasteiger partial charge on any atom is -0.371 e. The molecule has 140 valence electrons. The van der Waals surface area contributed by atoms with Crippen LogP contribution in [0.1, 0.15) is 25.7 Å². The molecule has 9 nitrogen and oxygen atoms in total. The molecular weight excluding hydrogens is 356 g/mol. The maximum absolute atomic E-state index is 12.0.